The minimum absolute atomic E-state index is 0.171. The van der Waals surface area contributed by atoms with Crippen LogP contribution in [0.5, 0.6) is 0 Å². The quantitative estimate of drug-likeness (QED) is 0.333. The summed E-state index contributed by atoms with van der Waals surface area (Å²) < 4.78 is 6.83. The van der Waals surface area contributed by atoms with Gasteiger partial charge in [0.1, 0.15) is 5.76 Å². The summed E-state index contributed by atoms with van der Waals surface area (Å²) in [5.74, 6) is 1.20. The van der Waals surface area contributed by atoms with Crippen LogP contribution in [0.25, 0.3) is 16.6 Å². The maximum atomic E-state index is 13.2. The van der Waals surface area contributed by atoms with Gasteiger partial charge in [-0.05, 0) is 49.4 Å². The Morgan fingerprint density at radius 2 is 1.81 bits per heavy atom. The lowest BCUT2D eigenvalue weighted by molar-refractivity contribution is 0.391. The third-order valence-corrected chi connectivity index (χ3v) is 5.35. The van der Waals surface area contributed by atoms with E-state index in [0.29, 0.717) is 43.3 Å². The van der Waals surface area contributed by atoms with Crippen molar-refractivity contribution in [1.82, 2.24) is 14.7 Å². The van der Waals surface area contributed by atoms with Gasteiger partial charge in [-0.25, -0.2) is 4.98 Å². The van der Waals surface area contributed by atoms with E-state index >= 15 is 0 Å². The monoisotopic (exact) mass is 417 g/mol. The first-order chi connectivity index (χ1) is 13.0. The Morgan fingerprint density at radius 3 is 2.52 bits per heavy atom. The van der Waals surface area contributed by atoms with Crippen molar-refractivity contribution in [3.8, 4) is 5.69 Å². The topological polar surface area (TPSA) is 60.9 Å². The highest BCUT2D eigenvalue weighted by Crippen LogP contribution is 2.26. The van der Waals surface area contributed by atoms with Crippen LogP contribution in [-0.2, 0) is 5.75 Å². The minimum Gasteiger partial charge on any atom is -0.360 e. The Morgan fingerprint density at radius 1 is 1.07 bits per heavy atom. The van der Waals surface area contributed by atoms with Crippen LogP contribution >= 0.6 is 35.0 Å². The number of hydrogen-bond acceptors (Lipinski definition) is 5. The summed E-state index contributed by atoms with van der Waals surface area (Å²) in [6, 6.07) is 14.0. The maximum absolute atomic E-state index is 13.2. The Hall–Kier alpha value is -2.28. The Balaban J connectivity index is 1.86. The summed E-state index contributed by atoms with van der Waals surface area (Å²) in [6.45, 7) is 1.86. The minimum atomic E-state index is -0.171. The number of aromatic nitrogens is 3. The second-order valence-corrected chi connectivity index (χ2v) is 7.71. The van der Waals surface area contributed by atoms with E-state index < -0.39 is 0 Å². The second kappa shape index (κ2) is 7.38. The maximum Gasteiger partial charge on any atom is 0.266 e. The first kappa shape index (κ1) is 18.1. The predicted octanol–water partition coefficient (Wildman–Crippen LogP) is 5.28. The standard InChI is InChI=1S/C19H13Cl2N3O2S/c1-11-8-15(26-23-11)10-27-19-22-17-9-13(21)4-7-16(17)18(25)24(19)14-5-2-12(20)3-6-14/h2-9H,10H2,1H3. The smallest absolute Gasteiger partial charge is 0.266 e. The molecular formula is C19H13Cl2N3O2S. The number of fused-ring (bicyclic) bond motifs is 1. The van der Waals surface area contributed by atoms with Gasteiger partial charge in [-0.3, -0.25) is 9.36 Å². The van der Waals surface area contributed by atoms with E-state index in [0.717, 1.165) is 5.69 Å². The molecule has 0 atom stereocenters. The highest BCUT2D eigenvalue weighted by Gasteiger charge is 2.15. The van der Waals surface area contributed by atoms with E-state index in [2.05, 4.69) is 10.1 Å². The number of hydrogen-bond donors (Lipinski definition) is 0. The highest BCUT2D eigenvalue weighted by atomic mass is 35.5. The zero-order valence-electron chi connectivity index (χ0n) is 14.1. The predicted molar refractivity (Wildman–Crippen MR) is 108 cm³/mol. The molecule has 0 amide bonds. The molecule has 4 aromatic rings. The van der Waals surface area contributed by atoms with Crippen molar-refractivity contribution in [2.75, 3.05) is 0 Å². The zero-order valence-corrected chi connectivity index (χ0v) is 16.5. The summed E-state index contributed by atoms with van der Waals surface area (Å²) >= 11 is 13.5. The SMILES string of the molecule is Cc1cc(CSc2nc3cc(Cl)ccc3c(=O)n2-c2ccc(Cl)cc2)on1. The van der Waals surface area contributed by atoms with Crippen LogP contribution < -0.4 is 5.56 Å². The molecule has 2 heterocycles. The molecule has 0 N–H and O–H groups in total. The van der Waals surface area contributed by atoms with Crippen LogP contribution in [0, 0.1) is 6.92 Å². The molecule has 0 unspecified atom stereocenters. The molecule has 0 aliphatic heterocycles. The van der Waals surface area contributed by atoms with Crippen molar-refractivity contribution in [1.29, 1.82) is 0 Å². The molecule has 0 aliphatic rings. The Labute approximate surface area is 168 Å². The lowest BCUT2D eigenvalue weighted by atomic mass is 10.2. The van der Waals surface area contributed by atoms with Crippen LogP contribution in [0.15, 0.2) is 63.0 Å². The fraction of sp³-hybridized carbons (Fsp3) is 0.105. The van der Waals surface area contributed by atoms with E-state index in [9.17, 15) is 4.79 Å². The van der Waals surface area contributed by atoms with Gasteiger partial charge in [0.05, 0.1) is 28.0 Å². The van der Waals surface area contributed by atoms with Crippen molar-refractivity contribution in [2.45, 2.75) is 17.8 Å². The number of rotatable bonds is 4. The second-order valence-electron chi connectivity index (χ2n) is 5.90. The Kier molecular flexibility index (Phi) is 4.95. The molecule has 0 spiro atoms. The van der Waals surface area contributed by atoms with E-state index in [1.165, 1.54) is 11.8 Å². The highest BCUT2D eigenvalue weighted by molar-refractivity contribution is 7.98. The van der Waals surface area contributed by atoms with E-state index in [1.807, 2.05) is 13.0 Å². The molecule has 8 heteroatoms. The molecule has 5 nitrogen and oxygen atoms in total. The van der Waals surface area contributed by atoms with Gasteiger partial charge in [0, 0.05) is 16.1 Å². The first-order valence-electron chi connectivity index (χ1n) is 8.04. The fourth-order valence-electron chi connectivity index (χ4n) is 2.67. The molecular weight excluding hydrogens is 405 g/mol. The molecule has 0 saturated heterocycles. The lowest BCUT2D eigenvalue weighted by Gasteiger charge is -2.13. The van der Waals surface area contributed by atoms with Gasteiger partial charge in [-0.2, -0.15) is 0 Å². The van der Waals surface area contributed by atoms with Crippen molar-refractivity contribution >= 4 is 45.9 Å². The summed E-state index contributed by atoms with van der Waals surface area (Å²) in [7, 11) is 0. The van der Waals surface area contributed by atoms with E-state index in [4.69, 9.17) is 27.7 Å². The fourth-order valence-corrected chi connectivity index (χ4v) is 3.85. The number of benzene rings is 2. The van der Waals surface area contributed by atoms with Crippen molar-refractivity contribution in [3.05, 3.63) is 80.4 Å². The molecule has 2 aromatic carbocycles. The third-order valence-electron chi connectivity index (χ3n) is 3.91. The number of aryl methyl sites for hydroxylation is 1. The van der Waals surface area contributed by atoms with E-state index in [-0.39, 0.29) is 5.56 Å². The molecule has 4 rings (SSSR count). The molecule has 2 aromatic heterocycles. The Bertz CT molecular complexity index is 1190. The van der Waals surface area contributed by atoms with Crippen molar-refractivity contribution < 1.29 is 4.52 Å². The van der Waals surface area contributed by atoms with Gasteiger partial charge in [-0.15, -0.1) is 0 Å². The number of nitrogens with zero attached hydrogens (tertiary/aromatic N) is 3. The van der Waals surface area contributed by atoms with Gasteiger partial charge < -0.3 is 4.52 Å². The van der Waals surface area contributed by atoms with Gasteiger partial charge in [0.25, 0.3) is 5.56 Å². The van der Waals surface area contributed by atoms with E-state index in [1.54, 1.807) is 47.0 Å². The summed E-state index contributed by atoms with van der Waals surface area (Å²) in [6.07, 6.45) is 0. The average molecular weight is 418 g/mol. The third kappa shape index (κ3) is 3.74. The zero-order chi connectivity index (χ0) is 19.0. The average Bonchev–Trinajstić information content (AvgIpc) is 3.06. The van der Waals surface area contributed by atoms with Crippen LogP contribution in [0.1, 0.15) is 11.5 Å². The molecule has 136 valence electrons. The van der Waals surface area contributed by atoms with Crippen molar-refractivity contribution in [2.24, 2.45) is 0 Å². The van der Waals surface area contributed by atoms with Gasteiger partial charge in [0.2, 0.25) is 0 Å². The molecule has 0 bridgehead atoms. The summed E-state index contributed by atoms with van der Waals surface area (Å²) in [5.41, 5.74) is 1.87. The van der Waals surface area contributed by atoms with Gasteiger partial charge in [0.15, 0.2) is 5.16 Å². The molecule has 27 heavy (non-hydrogen) atoms. The lowest BCUT2D eigenvalue weighted by Crippen LogP contribution is -2.21. The molecule has 0 radical (unpaired) electrons. The van der Waals surface area contributed by atoms with Crippen LogP contribution in [0.3, 0.4) is 0 Å². The largest absolute Gasteiger partial charge is 0.360 e. The van der Waals surface area contributed by atoms with Gasteiger partial charge >= 0.3 is 0 Å². The number of thioether (sulfide) groups is 1. The molecule has 0 fully saturated rings. The number of halogens is 2. The first-order valence-corrected chi connectivity index (χ1v) is 9.79. The van der Waals surface area contributed by atoms with Crippen LogP contribution in [0.2, 0.25) is 10.0 Å². The molecule has 0 saturated carbocycles. The van der Waals surface area contributed by atoms with Crippen molar-refractivity contribution in [3.63, 3.8) is 0 Å². The van der Waals surface area contributed by atoms with Gasteiger partial charge in [-0.1, -0.05) is 40.1 Å². The van der Waals surface area contributed by atoms with Crippen LogP contribution in [0.4, 0.5) is 0 Å². The normalized spacial score (nSPS) is 11.2. The summed E-state index contributed by atoms with van der Waals surface area (Å²) in [4.78, 5) is 17.8. The van der Waals surface area contributed by atoms with Crippen LogP contribution in [-0.4, -0.2) is 14.7 Å². The summed E-state index contributed by atoms with van der Waals surface area (Å²) in [5, 5.41) is 6.04. The molecule has 0 aliphatic carbocycles.